The molecule has 11 nitrogen and oxygen atoms in total. The summed E-state index contributed by atoms with van der Waals surface area (Å²) in [4.78, 5) is 11.4. The number of aromatic nitrogens is 9. The van der Waals surface area contributed by atoms with E-state index in [1.54, 1.807) is 11.0 Å². The van der Waals surface area contributed by atoms with Gasteiger partial charge < -0.3 is 9.64 Å². The molecule has 4 aromatic rings. The third-order valence-electron chi connectivity index (χ3n) is 5.15. The van der Waals surface area contributed by atoms with Crippen LogP contribution in [0.15, 0.2) is 43.1 Å². The van der Waals surface area contributed by atoms with Gasteiger partial charge in [0.25, 0.3) is 0 Å². The normalized spacial score (nSPS) is 18.5. The molecule has 1 aliphatic heterocycles. The van der Waals surface area contributed by atoms with Crippen molar-refractivity contribution in [3.8, 4) is 11.4 Å². The van der Waals surface area contributed by atoms with Crippen LogP contribution in [-0.4, -0.2) is 64.4 Å². The summed E-state index contributed by atoms with van der Waals surface area (Å²) in [6, 6.07) is 3.82. The van der Waals surface area contributed by atoms with Gasteiger partial charge in [-0.15, -0.1) is 5.10 Å². The van der Waals surface area contributed by atoms with Crippen LogP contribution in [0.3, 0.4) is 0 Å². The van der Waals surface area contributed by atoms with E-state index in [-0.39, 0.29) is 18.9 Å². The van der Waals surface area contributed by atoms with E-state index >= 15 is 0 Å². The van der Waals surface area contributed by atoms with Gasteiger partial charge in [-0.1, -0.05) is 11.6 Å². The molecule has 33 heavy (non-hydrogen) atoms. The van der Waals surface area contributed by atoms with Gasteiger partial charge in [0.05, 0.1) is 35.8 Å². The molecule has 0 amide bonds. The van der Waals surface area contributed by atoms with Crippen LogP contribution in [0.4, 0.5) is 14.7 Å². The number of rotatable bonds is 6. The maximum Gasteiger partial charge on any atom is 0.225 e. The molecule has 2 atom stereocenters. The van der Waals surface area contributed by atoms with Crippen LogP contribution in [0.1, 0.15) is 18.2 Å². The summed E-state index contributed by atoms with van der Waals surface area (Å²) in [6.45, 7) is 0.632. The molecule has 170 valence electrons. The third-order valence-corrected chi connectivity index (χ3v) is 5.35. The first-order chi connectivity index (χ1) is 16.1. The Labute approximate surface area is 191 Å². The molecule has 1 saturated heterocycles. The maximum absolute atomic E-state index is 14.9. The fourth-order valence-electron chi connectivity index (χ4n) is 3.52. The molecule has 0 aliphatic carbocycles. The molecule has 1 fully saturated rings. The Balaban J connectivity index is 1.20. The Morgan fingerprint density at radius 1 is 1.18 bits per heavy atom. The topological polar surface area (TPSA) is 113 Å². The lowest BCUT2D eigenvalue weighted by molar-refractivity contribution is 0.172. The predicted octanol–water partition coefficient (Wildman–Crippen LogP) is 2.20. The number of alkyl halides is 1. The zero-order valence-corrected chi connectivity index (χ0v) is 17.8. The van der Waals surface area contributed by atoms with Crippen LogP contribution in [-0.2, 0) is 6.61 Å². The van der Waals surface area contributed by atoms with E-state index in [2.05, 4.69) is 35.7 Å². The Kier molecular flexibility index (Phi) is 5.77. The van der Waals surface area contributed by atoms with Crippen molar-refractivity contribution in [1.29, 1.82) is 0 Å². The van der Waals surface area contributed by atoms with E-state index in [9.17, 15) is 8.78 Å². The minimum Gasteiger partial charge on any atom is -0.484 e. The highest BCUT2D eigenvalue weighted by molar-refractivity contribution is 6.30. The first kappa shape index (κ1) is 21.1. The van der Waals surface area contributed by atoms with Gasteiger partial charge in [-0.05, 0) is 29.0 Å². The zero-order chi connectivity index (χ0) is 22.8. The fourth-order valence-corrected chi connectivity index (χ4v) is 3.62. The Hall–Kier alpha value is -3.74. The molecule has 1 aromatic carbocycles. The van der Waals surface area contributed by atoms with E-state index in [4.69, 9.17) is 16.3 Å². The van der Waals surface area contributed by atoms with Crippen LogP contribution < -0.4 is 9.64 Å². The summed E-state index contributed by atoms with van der Waals surface area (Å²) in [5.41, 5.74) is 0.912. The zero-order valence-electron chi connectivity index (χ0n) is 17.0. The van der Waals surface area contributed by atoms with E-state index in [0.29, 0.717) is 35.3 Å². The molecule has 0 spiro atoms. The molecule has 14 heteroatoms. The Bertz CT molecular complexity index is 1220. The molecule has 0 unspecified atom stereocenters. The third kappa shape index (κ3) is 4.58. The Morgan fingerprint density at radius 3 is 2.76 bits per heavy atom. The summed E-state index contributed by atoms with van der Waals surface area (Å²) in [6.07, 6.45) is 5.04. The highest BCUT2D eigenvalue weighted by Crippen LogP contribution is 2.27. The largest absolute Gasteiger partial charge is 0.484 e. The maximum atomic E-state index is 14.9. The Morgan fingerprint density at radius 2 is 2.03 bits per heavy atom. The first-order valence-corrected chi connectivity index (χ1v) is 10.4. The molecule has 5 rings (SSSR count). The number of halogens is 3. The van der Waals surface area contributed by atoms with E-state index < -0.39 is 18.0 Å². The molecule has 3 aromatic heterocycles. The first-order valence-electron chi connectivity index (χ1n) is 10.00. The smallest absolute Gasteiger partial charge is 0.225 e. The summed E-state index contributed by atoms with van der Waals surface area (Å²) < 4.78 is 36.1. The van der Waals surface area contributed by atoms with Crippen molar-refractivity contribution in [3.63, 3.8) is 0 Å². The van der Waals surface area contributed by atoms with Crippen molar-refractivity contribution in [1.82, 2.24) is 45.2 Å². The van der Waals surface area contributed by atoms with Gasteiger partial charge in [-0.2, -0.15) is 15.0 Å². The fraction of sp³-hybridized carbons (Fsp3) is 0.316. The van der Waals surface area contributed by atoms with Crippen molar-refractivity contribution in [3.05, 3.63) is 59.7 Å². The second-order valence-corrected chi connectivity index (χ2v) is 7.77. The van der Waals surface area contributed by atoms with E-state index in [0.717, 1.165) is 0 Å². The van der Waals surface area contributed by atoms with Gasteiger partial charge in [-0.25, -0.2) is 23.4 Å². The number of hydrogen-bond donors (Lipinski definition) is 0. The van der Waals surface area contributed by atoms with Gasteiger partial charge >= 0.3 is 0 Å². The molecule has 1 aliphatic rings. The van der Waals surface area contributed by atoms with Crippen molar-refractivity contribution in [2.75, 3.05) is 18.0 Å². The van der Waals surface area contributed by atoms with Gasteiger partial charge in [-0.3, -0.25) is 0 Å². The number of anilines is 1. The molecular formula is C19H17ClF2N10O. The van der Waals surface area contributed by atoms with Crippen LogP contribution in [0.2, 0.25) is 5.02 Å². The number of piperidine rings is 1. The quantitative estimate of drug-likeness (QED) is 0.415. The summed E-state index contributed by atoms with van der Waals surface area (Å²) in [5.74, 6) is -0.104. The monoisotopic (exact) mass is 474 g/mol. The van der Waals surface area contributed by atoms with Crippen molar-refractivity contribution >= 4 is 17.5 Å². The van der Waals surface area contributed by atoms with Crippen LogP contribution >= 0.6 is 11.6 Å². The van der Waals surface area contributed by atoms with Gasteiger partial charge in [0.1, 0.15) is 30.8 Å². The highest BCUT2D eigenvalue weighted by atomic mass is 35.5. The lowest BCUT2D eigenvalue weighted by atomic mass is 10.0. The summed E-state index contributed by atoms with van der Waals surface area (Å²) >= 11 is 5.81. The average molecular weight is 475 g/mol. The van der Waals surface area contributed by atoms with Crippen molar-refractivity contribution < 1.29 is 13.5 Å². The minimum atomic E-state index is -1.23. The molecule has 0 N–H and O–H groups in total. The second kappa shape index (κ2) is 9.02. The van der Waals surface area contributed by atoms with Crippen LogP contribution in [0.5, 0.6) is 5.75 Å². The SMILES string of the molecule is Fc1cc(-n2cnnn2)ccc1OCc1cnn([C@@H]2CCN(c3ncc(Cl)cn3)C[C@@H]2F)n1. The van der Waals surface area contributed by atoms with Crippen molar-refractivity contribution in [2.45, 2.75) is 25.2 Å². The van der Waals surface area contributed by atoms with Crippen LogP contribution in [0.25, 0.3) is 5.69 Å². The van der Waals surface area contributed by atoms with Gasteiger partial charge in [0.15, 0.2) is 11.6 Å². The lowest BCUT2D eigenvalue weighted by Crippen LogP contribution is -2.44. The molecule has 0 bridgehead atoms. The number of nitrogens with zero attached hydrogens (tertiary/aromatic N) is 10. The number of ether oxygens (including phenoxy) is 1. The summed E-state index contributed by atoms with van der Waals surface area (Å²) in [5, 5.41) is 19.7. The molecular weight excluding hydrogens is 458 g/mol. The highest BCUT2D eigenvalue weighted by Gasteiger charge is 2.33. The predicted molar refractivity (Wildman–Crippen MR) is 111 cm³/mol. The molecule has 4 heterocycles. The van der Waals surface area contributed by atoms with Crippen LogP contribution in [0, 0.1) is 5.82 Å². The lowest BCUT2D eigenvalue weighted by Gasteiger charge is -2.33. The second-order valence-electron chi connectivity index (χ2n) is 7.33. The summed E-state index contributed by atoms with van der Waals surface area (Å²) in [7, 11) is 0. The molecule has 0 saturated carbocycles. The van der Waals surface area contributed by atoms with E-state index in [1.165, 1.54) is 46.5 Å². The minimum absolute atomic E-state index is 0.0183. The number of benzene rings is 1. The van der Waals surface area contributed by atoms with Gasteiger partial charge in [0.2, 0.25) is 5.95 Å². The van der Waals surface area contributed by atoms with Gasteiger partial charge in [0, 0.05) is 12.6 Å². The number of hydrogen-bond acceptors (Lipinski definition) is 9. The van der Waals surface area contributed by atoms with Crippen molar-refractivity contribution in [2.24, 2.45) is 0 Å². The standard InChI is InChI=1S/C19H17ClF2N10O/c20-12-6-23-19(24-7-12)30-4-3-17(16(22)9-30)32-26-8-13(27-32)10-33-18-2-1-14(5-15(18)21)31-11-25-28-29-31/h1-2,5-8,11,16-17H,3-4,9-10H2/t16-,17+/m0/s1. The average Bonchev–Trinajstić information content (AvgIpc) is 3.51. The van der Waals surface area contributed by atoms with E-state index in [1.807, 2.05) is 0 Å². The molecule has 0 radical (unpaired) electrons. The number of tetrazole rings is 1.